The van der Waals surface area contributed by atoms with E-state index in [1.54, 1.807) is 0 Å². The predicted octanol–water partition coefficient (Wildman–Crippen LogP) is 2.05. The Kier molecular flexibility index (Phi) is 3.39. The molecule has 2 N–H and O–H groups in total. The van der Waals surface area contributed by atoms with Crippen LogP contribution in [0.5, 0.6) is 0 Å². The smallest absolute Gasteiger partial charge is 0.306 e. The van der Waals surface area contributed by atoms with Crippen molar-refractivity contribution < 1.29 is 23.5 Å². The van der Waals surface area contributed by atoms with Gasteiger partial charge in [-0.25, -0.2) is 8.78 Å². The quantitative estimate of drug-likeness (QED) is 0.893. The van der Waals surface area contributed by atoms with Crippen molar-refractivity contribution in [3.63, 3.8) is 0 Å². The van der Waals surface area contributed by atoms with Gasteiger partial charge >= 0.3 is 5.97 Å². The van der Waals surface area contributed by atoms with E-state index < -0.39 is 17.6 Å². The van der Waals surface area contributed by atoms with Crippen molar-refractivity contribution in [2.75, 3.05) is 0 Å². The van der Waals surface area contributed by atoms with E-state index in [1.165, 1.54) is 0 Å². The van der Waals surface area contributed by atoms with Gasteiger partial charge in [-0.15, -0.1) is 0 Å². The molecule has 0 radical (unpaired) electrons. The first-order chi connectivity index (χ1) is 9.95. The lowest BCUT2D eigenvalue weighted by Crippen LogP contribution is -2.47. The number of halogens is 2. The summed E-state index contributed by atoms with van der Waals surface area (Å²) in [5, 5.41) is 11.5. The summed E-state index contributed by atoms with van der Waals surface area (Å²) in [7, 11) is 0. The molecule has 1 amide bonds. The highest BCUT2D eigenvalue weighted by atomic mass is 19.1. The molecule has 0 spiro atoms. The minimum Gasteiger partial charge on any atom is -0.481 e. The molecule has 0 saturated heterocycles. The van der Waals surface area contributed by atoms with Gasteiger partial charge in [0, 0.05) is 12.0 Å². The largest absolute Gasteiger partial charge is 0.481 e. The molecular formula is C15H15F2NO3. The molecule has 112 valence electrons. The lowest BCUT2D eigenvalue weighted by atomic mass is 9.80. The fourth-order valence-electron chi connectivity index (χ4n) is 2.87. The van der Waals surface area contributed by atoms with Crippen LogP contribution < -0.4 is 5.32 Å². The van der Waals surface area contributed by atoms with Crippen LogP contribution in [0.2, 0.25) is 0 Å². The summed E-state index contributed by atoms with van der Waals surface area (Å²) >= 11 is 0. The predicted molar refractivity (Wildman–Crippen MR) is 69.5 cm³/mol. The average Bonchev–Trinajstić information content (AvgIpc) is 3.15. The molecule has 4 nitrogen and oxygen atoms in total. The third-order valence-electron chi connectivity index (χ3n) is 4.32. The fourth-order valence-corrected chi connectivity index (χ4v) is 2.87. The van der Waals surface area contributed by atoms with Crippen molar-refractivity contribution in [1.29, 1.82) is 0 Å². The molecule has 6 heteroatoms. The van der Waals surface area contributed by atoms with Gasteiger partial charge < -0.3 is 10.4 Å². The molecule has 0 bridgehead atoms. The van der Waals surface area contributed by atoms with Crippen molar-refractivity contribution in [3.05, 3.63) is 35.4 Å². The molecule has 2 unspecified atom stereocenters. The van der Waals surface area contributed by atoms with Gasteiger partial charge in [0.2, 0.25) is 5.91 Å². The molecule has 2 fully saturated rings. The second kappa shape index (κ2) is 5.09. The number of hydrogen-bond donors (Lipinski definition) is 2. The van der Waals surface area contributed by atoms with Crippen molar-refractivity contribution in [1.82, 2.24) is 5.32 Å². The molecule has 3 rings (SSSR count). The first-order valence-electron chi connectivity index (χ1n) is 6.94. The van der Waals surface area contributed by atoms with Gasteiger partial charge in [-0.05, 0) is 48.9 Å². The molecular weight excluding hydrogens is 280 g/mol. The lowest BCUT2D eigenvalue weighted by molar-refractivity contribution is -0.146. The van der Waals surface area contributed by atoms with Crippen LogP contribution in [0.3, 0.4) is 0 Å². The molecule has 2 aliphatic rings. The standard InChI is InChI=1S/C15H15F2NO3/c16-8-1-2-13(17)11(5-8)10-6-12(10)14(19)18-9-3-7(4-9)15(20)21/h1-2,5,7,9-10,12H,3-4,6H2,(H,18,19)(H,20,21). The number of carboxylic acids is 1. The van der Waals surface area contributed by atoms with Gasteiger partial charge in [0.1, 0.15) is 11.6 Å². The van der Waals surface area contributed by atoms with Crippen LogP contribution in [-0.2, 0) is 9.59 Å². The monoisotopic (exact) mass is 295 g/mol. The topological polar surface area (TPSA) is 66.4 Å². The molecule has 2 atom stereocenters. The highest BCUT2D eigenvalue weighted by Gasteiger charge is 2.47. The molecule has 0 heterocycles. The van der Waals surface area contributed by atoms with Crippen LogP contribution in [0.1, 0.15) is 30.7 Å². The van der Waals surface area contributed by atoms with Crippen molar-refractivity contribution in [3.8, 4) is 0 Å². The summed E-state index contributed by atoms with van der Waals surface area (Å²) in [4.78, 5) is 22.7. The number of benzene rings is 1. The summed E-state index contributed by atoms with van der Waals surface area (Å²) in [6.45, 7) is 0. The number of nitrogens with one attached hydrogen (secondary N) is 1. The number of amides is 1. The van der Waals surface area contributed by atoms with E-state index in [0.29, 0.717) is 19.3 Å². The SMILES string of the molecule is O=C(O)C1CC(NC(=O)C2CC2c2cc(F)ccc2F)C1. The summed E-state index contributed by atoms with van der Waals surface area (Å²) < 4.78 is 26.7. The third kappa shape index (κ3) is 2.75. The maximum Gasteiger partial charge on any atom is 0.306 e. The Balaban J connectivity index is 1.55. The summed E-state index contributed by atoms with van der Waals surface area (Å²) in [5.41, 5.74) is 0.243. The van der Waals surface area contributed by atoms with Gasteiger partial charge in [0.25, 0.3) is 0 Å². The number of carboxylic acid groups (broad SMARTS) is 1. The molecule has 0 aliphatic heterocycles. The number of hydrogen-bond acceptors (Lipinski definition) is 2. The van der Waals surface area contributed by atoms with E-state index in [4.69, 9.17) is 5.11 Å². The number of aliphatic carboxylic acids is 1. The Bertz CT molecular complexity index is 599. The zero-order valence-electron chi connectivity index (χ0n) is 11.2. The van der Waals surface area contributed by atoms with Crippen LogP contribution in [0.4, 0.5) is 8.78 Å². The van der Waals surface area contributed by atoms with Crippen molar-refractivity contribution >= 4 is 11.9 Å². The summed E-state index contributed by atoms with van der Waals surface area (Å²) in [6, 6.07) is 3.15. The molecule has 1 aromatic rings. The Morgan fingerprint density at radius 1 is 1.19 bits per heavy atom. The first-order valence-corrected chi connectivity index (χ1v) is 6.94. The highest BCUT2D eigenvalue weighted by Crippen LogP contribution is 2.48. The van der Waals surface area contributed by atoms with Gasteiger partial charge in [0.15, 0.2) is 0 Å². The molecule has 21 heavy (non-hydrogen) atoms. The minimum absolute atomic E-state index is 0.114. The Labute approximate surface area is 120 Å². The first kappa shape index (κ1) is 14.0. The summed E-state index contributed by atoms with van der Waals surface area (Å²) in [5.74, 6) is -3.05. The van der Waals surface area contributed by atoms with Gasteiger partial charge in [0.05, 0.1) is 5.92 Å². The van der Waals surface area contributed by atoms with Gasteiger partial charge in [-0.2, -0.15) is 0 Å². The van der Waals surface area contributed by atoms with Crippen molar-refractivity contribution in [2.45, 2.75) is 31.2 Å². The number of rotatable bonds is 4. The molecule has 0 aromatic heterocycles. The zero-order chi connectivity index (χ0) is 15.1. The summed E-state index contributed by atoms with van der Waals surface area (Å²) in [6.07, 6.45) is 1.38. The highest BCUT2D eigenvalue weighted by molar-refractivity contribution is 5.83. The van der Waals surface area contributed by atoms with Crippen LogP contribution in [-0.4, -0.2) is 23.0 Å². The van der Waals surface area contributed by atoms with Crippen molar-refractivity contribution in [2.24, 2.45) is 11.8 Å². The maximum absolute atomic E-state index is 13.6. The van der Waals surface area contributed by atoms with E-state index in [-0.39, 0.29) is 35.3 Å². The van der Waals surface area contributed by atoms with Crippen LogP contribution in [0, 0.1) is 23.5 Å². The van der Waals surface area contributed by atoms with Crippen LogP contribution in [0.25, 0.3) is 0 Å². The Hall–Kier alpha value is -1.98. The number of carbonyl (C=O) groups excluding carboxylic acids is 1. The minimum atomic E-state index is -0.841. The average molecular weight is 295 g/mol. The lowest BCUT2D eigenvalue weighted by Gasteiger charge is -2.32. The van der Waals surface area contributed by atoms with Crippen LogP contribution in [0.15, 0.2) is 18.2 Å². The normalized spacial score (nSPS) is 30.4. The van der Waals surface area contributed by atoms with Gasteiger partial charge in [-0.1, -0.05) is 0 Å². The maximum atomic E-state index is 13.6. The second-order valence-electron chi connectivity index (χ2n) is 5.83. The second-order valence-corrected chi connectivity index (χ2v) is 5.83. The molecule has 1 aromatic carbocycles. The van der Waals surface area contributed by atoms with E-state index in [1.807, 2.05) is 0 Å². The van der Waals surface area contributed by atoms with E-state index in [2.05, 4.69) is 5.32 Å². The molecule has 2 saturated carbocycles. The Morgan fingerprint density at radius 2 is 1.90 bits per heavy atom. The fraction of sp³-hybridized carbons (Fsp3) is 0.467. The van der Waals surface area contributed by atoms with E-state index >= 15 is 0 Å². The van der Waals surface area contributed by atoms with E-state index in [9.17, 15) is 18.4 Å². The van der Waals surface area contributed by atoms with E-state index in [0.717, 1.165) is 18.2 Å². The Morgan fingerprint density at radius 3 is 2.57 bits per heavy atom. The number of carbonyl (C=O) groups is 2. The van der Waals surface area contributed by atoms with Gasteiger partial charge in [-0.3, -0.25) is 9.59 Å². The molecule has 2 aliphatic carbocycles. The van der Waals surface area contributed by atoms with Crippen LogP contribution >= 0.6 is 0 Å². The zero-order valence-corrected chi connectivity index (χ0v) is 11.2. The third-order valence-corrected chi connectivity index (χ3v) is 4.32.